The lowest BCUT2D eigenvalue weighted by atomic mass is 10.0. The minimum absolute atomic E-state index is 0.307. The van der Waals surface area contributed by atoms with Crippen LogP contribution >= 0.6 is 0 Å². The number of nitriles is 1. The molecule has 114 valence electrons. The van der Waals surface area contributed by atoms with Crippen LogP contribution in [0.1, 0.15) is 31.4 Å². The smallest absolute Gasteiger partial charge is 0.322 e. The molecule has 0 saturated carbocycles. The van der Waals surface area contributed by atoms with Crippen LogP contribution in [0.2, 0.25) is 0 Å². The monoisotopic (exact) mass is 310 g/mol. The Morgan fingerprint density at radius 2 is 1.95 bits per heavy atom. The summed E-state index contributed by atoms with van der Waals surface area (Å²) in [4.78, 5) is 11.2. The zero-order valence-corrected chi connectivity index (χ0v) is 12.7. The molecular formula is C14H18N2O4S. The highest BCUT2D eigenvalue weighted by Crippen LogP contribution is 2.12. The van der Waals surface area contributed by atoms with Crippen molar-refractivity contribution in [1.82, 2.24) is 4.72 Å². The number of rotatable bonds is 7. The highest BCUT2D eigenvalue weighted by molar-refractivity contribution is 7.88. The largest absolute Gasteiger partial charge is 0.480 e. The summed E-state index contributed by atoms with van der Waals surface area (Å²) in [6, 6.07) is 6.92. The van der Waals surface area contributed by atoms with Gasteiger partial charge in [-0.3, -0.25) is 4.79 Å². The third-order valence-corrected chi connectivity index (χ3v) is 4.55. The van der Waals surface area contributed by atoms with E-state index >= 15 is 0 Å². The molecule has 1 aromatic rings. The number of benzene rings is 1. The fraction of sp³-hybridized carbons (Fsp3) is 0.429. The van der Waals surface area contributed by atoms with E-state index in [1.54, 1.807) is 13.8 Å². The van der Waals surface area contributed by atoms with Crippen molar-refractivity contribution >= 4 is 16.0 Å². The van der Waals surface area contributed by atoms with Gasteiger partial charge >= 0.3 is 5.97 Å². The zero-order chi connectivity index (χ0) is 16.0. The van der Waals surface area contributed by atoms with Crippen molar-refractivity contribution in [2.45, 2.75) is 32.1 Å². The molecule has 0 saturated heterocycles. The van der Waals surface area contributed by atoms with E-state index in [4.69, 9.17) is 10.4 Å². The minimum atomic E-state index is -3.77. The first kappa shape index (κ1) is 17.1. The van der Waals surface area contributed by atoms with Crippen molar-refractivity contribution in [2.24, 2.45) is 5.92 Å². The molecule has 2 N–H and O–H groups in total. The molecule has 0 heterocycles. The fourth-order valence-electron chi connectivity index (χ4n) is 1.78. The molecule has 1 rings (SSSR count). The molecular weight excluding hydrogens is 292 g/mol. The van der Waals surface area contributed by atoms with E-state index in [-0.39, 0.29) is 11.7 Å². The first-order valence-electron chi connectivity index (χ1n) is 6.51. The maximum absolute atomic E-state index is 12.1. The van der Waals surface area contributed by atoms with E-state index in [1.165, 1.54) is 24.3 Å². The van der Waals surface area contributed by atoms with Crippen LogP contribution in [0.5, 0.6) is 0 Å². The molecule has 0 amide bonds. The molecule has 0 aliphatic heterocycles. The van der Waals surface area contributed by atoms with Gasteiger partial charge in [0.15, 0.2) is 0 Å². The number of hydrogen-bond donors (Lipinski definition) is 2. The van der Waals surface area contributed by atoms with Crippen molar-refractivity contribution in [2.75, 3.05) is 0 Å². The van der Waals surface area contributed by atoms with E-state index in [2.05, 4.69) is 4.72 Å². The maximum Gasteiger partial charge on any atom is 0.322 e. The molecule has 7 heteroatoms. The molecule has 6 nitrogen and oxygen atoms in total. The lowest BCUT2D eigenvalue weighted by molar-refractivity contribution is -0.140. The van der Waals surface area contributed by atoms with Crippen molar-refractivity contribution < 1.29 is 18.3 Å². The van der Waals surface area contributed by atoms with Crippen LogP contribution in [0.25, 0.3) is 0 Å². The minimum Gasteiger partial charge on any atom is -0.480 e. The zero-order valence-electron chi connectivity index (χ0n) is 11.9. The van der Waals surface area contributed by atoms with Gasteiger partial charge in [-0.15, -0.1) is 0 Å². The molecule has 0 radical (unpaired) electrons. The highest BCUT2D eigenvalue weighted by Gasteiger charge is 2.28. The molecule has 1 aromatic carbocycles. The molecule has 0 fully saturated rings. The van der Waals surface area contributed by atoms with Gasteiger partial charge < -0.3 is 5.11 Å². The molecule has 0 aliphatic carbocycles. The Labute approximate surface area is 124 Å². The van der Waals surface area contributed by atoms with Crippen LogP contribution in [0.4, 0.5) is 0 Å². The number of sulfonamides is 1. The second-order valence-electron chi connectivity index (χ2n) is 4.89. The van der Waals surface area contributed by atoms with Gasteiger partial charge in [-0.1, -0.05) is 32.4 Å². The van der Waals surface area contributed by atoms with Crippen molar-refractivity contribution in [3.05, 3.63) is 35.4 Å². The maximum atomic E-state index is 12.1. The van der Waals surface area contributed by atoms with Crippen LogP contribution in [-0.2, 0) is 20.6 Å². The Morgan fingerprint density at radius 1 is 1.38 bits per heavy atom. The predicted octanol–water partition coefficient (Wildman–Crippen LogP) is 1.48. The molecule has 21 heavy (non-hydrogen) atoms. The third kappa shape index (κ3) is 5.17. The van der Waals surface area contributed by atoms with E-state index in [0.717, 1.165) is 0 Å². The highest BCUT2D eigenvalue weighted by atomic mass is 32.2. The Bertz CT molecular complexity index is 632. The van der Waals surface area contributed by atoms with Crippen LogP contribution in [0.15, 0.2) is 24.3 Å². The quantitative estimate of drug-likeness (QED) is 0.793. The number of carboxylic acids is 1. The normalized spacial score (nSPS) is 14.1. The second kappa shape index (κ2) is 7.20. The van der Waals surface area contributed by atoms with Gasteiger partial charge in [0.25, 0.3) is 0 Å². The summed E-state index contributed by atoms with van der Waals surface area (Å²) in [6.07, 6.45) is 0.552. The van der Waals surface area contributed by atoms with E-state index in [1.807, 2.05) is 6.07 Å². The van der Waals surface area contributed by atoms with Gasteiger partial charge in [0.05, 0.1) is 17.4 Å². The summed E-state index contributed by atoms with van der Waals surface area (Å²) >= 11 is 0. The molecule has 0 aliphatic rings. The Hall–Kier alpha value is -1.91. The van der Waals surface area contributed by atoms with Gasteiger partial charge in [0.2, 0.25) is 10.0 Å². The molecule has 0 spiro atoms. The van der Waals surface area contributed by atoms with Crippen LogP contribution in [0, 0.1) is 17.2 Å². The number of nitrogens with one attached hydrogen (secondary N) is 1. The summed E-state index contributed by atoms with van der Waals surface area (Å²) in [5, 5.41) is 17.8. The number of nitrogens with zero attached hydrogens (tertiary/aromatic N) is 1. The standard InChI is InChI=1S/C14H18N2O4S/c1-3-10(2)13(14(17)18)16-21(19,20)9-12-6-4-11(8-15)5-7-12/h4-7,10,13,16H,3,9H2,1-2H3,(H,17,18)/t10-,13-/m0/s1. The fourth-order valence-corrected chi connectivity index (χ4v) is 3.21. The summed E-state index contributed by atoms with van der Waals surface area (Å²) in [6.45, 7) is 3.48. The SMILES string of the molecule is CC[C@H](C)[C@H](NS(=O)(=O)Cc1ccc(C#N)cc1)C(=O)O. The summed E-state index contributed by atoms with van der Waals surface area (Å²) < 4.78 is 26.3. The number of carboxylic acid groups (broad SMARTS) is 1. The van der Waals surface area contributed by atoms with E-state index in [9.17, 15) is 13.2 Å². The molecule has 0 unspecified atom stereocenters. The predicted molar refractivity (Wildman–Crippen MR) is 77.8 cm³/mol. The summed E-state index contributed by atoms with van der Waals surface area (Å²) in [5.74, 6) is -1.81. The van der Waals surface area contributed by atoms with E-state index in [0.29, 0.717) is 17.5 Å². The number of hydrogen-bond acceptors (Lipinski definition) is 4. The van der Waals surface area contributed by atoms with Crippen LogP contribution in [0.3, 0.4) is 0 Å². The van der Waals surface area contributed by atoms with Crippen molar-refractivity contribution in [3.63, 3.8) is 0 Å². The van der Waals surface area contributed by atoms with Gasteiger partial charge in [-0.25, -0.2) is 13.1 Å². The lowest BCUT2D eigenvalue weighted by Gasteiger charge is -2.20. The summed E-state index contributed by atoms with van der Waals surface area (Å²) in [7, 11) is -3.77. The van der Waals surface area contributed by atoms with Crippen molar-refractivity contribution in [3.8, 4) is 6.07 Å². The number of carbonyl (C=O) groups is 1. The van der Waals surface area contributed by atoms with Crippen molar-refractivity contribution in [1.29, 1.82) is 5.26 Å². The topological polar surface area (TPSA) is 107 Å². The average Bonchev–Trinajstić information content (AvgIpc) is 2.44. The van der Waals surface area contributed by atoms with Gasteiger partial charge in [0.1, 0.15) is 6.04 Å². The Morgan fingerprint density at radius 3 is 2.38 bits per heavy atom. The Balaban J connectivity index is 2.85. The van der Waals surface area contributed by atoms with Gasteiger partial charge in [-0.05, 0) is 23.6 Å². The third-order valence-electron chi connectivity index (χ3n) is 3.23. The first-order chi connectivity index (χ1) is 9.79. The second-order valence-corrected chi connectivity index (χ2v) is 6.64. The number of aliphatic carboxylic acids is 1. The molecule has 2 atom stereocenters. The molecule has 0 aromatic heterocycles. The molecule has 0 bridgehead atoms. The van der Waals surface area contributed by atoms with Crippen LogP contribution in [-0.4, -0.2) is 25.5 Å². The summed E-state index contributed by atoms with van der Waals surface area (Å²) in [5.41, 5.74) is 0.932. The van der Waals surface area contributed by atoms with E-state index < -0.39 is 22.0 Å². The lowest BCUT2D eigenvalue weighted by Crippen LogP contribution is -2.45. The van der Waals surface area contributed by atoms with Gasteiger partial charge in [-0.2, -0.15) is 5.26 Å². The first-order valence-corrected chi connectivity index (χ1v) is 8.16. The average molecular weight is 310 g/mol. The Kier molecular flexibility index (Phi) is 5.88. The van der Waals surface area contributed by atoms with Gasteiger partial charge in [0, 0.05) is 0 Å². The van der Waals surface area contributed by atoms with Crippen LogP contribution < -0.4 is 4.72 Å².